The van der Waals surface area contributed by atoms with E-state index in [1.807, 2.05) is 27.7 Å². The first-order chi connectivity index (χ1) is 8.29. The van der Waals surface area contributed by atoms with Crippen LogP contribution in [0.3, 0.4) is 0 Å². The van der Waals surface area contributed by atoms with Crippen molar-refractivity contribution in [2.45, 2.75) is 41.0 Å². The molecule has 2 N–H and O–H groups in total. The summed E-state index contributed by atoms with van der Waals surface area (Å²) in [6, 6.07) is 0. The Morgan fingerprint density at radius 1 is 1.18 bits per heavy atom. The molecular weight excluding hydrogens is 214 g/mol. The Labute approximate surface area is 107 Å². The standard InChI is InChI=1S/C9H19N3O.2C2H6/c1-9(13)11-3-2-6-12-7-4-10-5-8-12;2*1-2/h10H,2-8H2,1H3,(H,11,13);2*1-2H3. The van der Waals surface area contributed by atoms with E-state index in [1.165, 1.54) is 0 Å². The third-order valence-electron chi connectivity index (χ3n) is 2.23. The maximum Gasteiger partial charge on any atom is 0.216 e. The summed E-state index contributed by atoms with van der Waals surface area (Å²) in [4.78, 5) is 13.0. The zero-order chi connectivity index (χ0) is 13.5. The molecule has 1 amide bonds. The van der Waals surface area contributed by atoms with Crippen LogP contribution in [0.15, 0.2) is 0 Å². The van der Waals surface area contributed by atoms with Gasteiger partial charge in [0, 0.05) is 39.6 Å². The highest BCUT2D eigenvalue weighted by molar-refractivity contribution is 5.72. The van der Waals surface area contributed by atoms with Crippen LogP contribution in [0.4, 0.5) is 0 Å². The second-order valence-electron chi connectivity index (χ2n) is 3.43. The average Bonchev–Trinajstić information content (AvgIpc) is 2.40. The molecule has 4 nitrogen and oxygen atoms in total. The quantitative estimate of drug-likeness (QED) is 0.737. The van der Waals surface area contributed by atoms with Gasteiger partial charge in [0.25, 0.3) is 0 Å². The van der Waals surface area contributed by atoms with Crippen molar-refractivity contribution in [3.8, 4) is 0 Å². The number of piperazine rings is 1. The molecule has 1 rings (SSSR count). The van der Waals surface area contributed by atoms with Gasteiger partial charge >= 0.3 is 0 Å². The Morgan fingerprint density at radius 2 is 1.71 bits per heavy atom. The Hall–Kier alpha value is -0.610. The lowest BCUT2D eigenvalue weighted by molar-refractivity contribution is -0.118. The molecule has 0 aromatic rings. The largest absolute Gasteiger partial charge is 0.356 e. The molecule has 4 heteroatoms. The Morgan fingerprint density at radius 3 is 2.18 bits per heavy atom. The topological polar surface area (TPSA) is 44.4 Å². The van der Waals surface area contributed by atoms with Crippen LogP contribution in [0.5, 0.6) is 0 Å². The molecule has 0 spiro atoms. The highest BCUT2D eigenvalue weighted by Crippen LogP contribution is 1.93. The predicted molar refractivity (Wildman–Crippen MR) is 75.3 cm³/mol. The highest BCUT2D eigenvalue weighted by Gasteiger charge is 2.07. The van der Waals surface area contributed by atoms with E-state index in [9.17, 15) is 4.79 Å². The number of carbonyl (C=O) groups is 1. The van der Waals surface area contributed by atoms with Crippen molar-refractivity contribution in [1.82, 2.24) is 15.5 Å². The summed E-state index contributed by atoms with van der Waals surface area (Å²) in [6.45, 7) is 15.9. The normalized spacial score (nSPS) is 14.9. The smallest absolute Gasteiger partial charge is 0.216 e. The van der Waals surface area contributed by atoms with Crippen molar-refractivity contribution in [2.24, 2.45) is 0 Å². The van der Waals surface area contributed by atoms with Crippen LogP contribution < -0.4 is 10.6 Å². The number of amides is 1. The Kier molecular flexibility index (Phi) is 17.0. The molecular formula is C13H31N3O. The first-order valence-electron chi connectivity index (χ1n) is 6.96. The van der Waals surface area contributed by atoms with Gasteiger partial charge in [-0.25, -0.2) is 0 Å². The molecule has 0 atom stereocenters. The van der Waals surface area contributed by atoms with Gasteiger partial charge in [-0.05, 0) is 13.0 Å². The SMILES string of the molecule is CC.CC.CC(=O)NCCCN1CCNCC1. The average molecular weight is 245 g/mol. The van der Waals surface area contributed by atoms with E-state index in [2.05, 4.69) is 15.5 Å². The van der Waals surface area contributed by atoms with Gasteiger partial charge in [0.15, 0.2) is 0 Å². The Balaban J connectivity index is 0. The van der Waals surface area contributed by atoms with E-state index in [0.717, 1.165) is 45.7 Å². The fourth-order valence-electron chi connectivity index (χ4n) is 1.50. The summed E-state index contributed by atoms with van der Waals surface area (Å²) in [6.07, 6.45) is 1.06. The van der Waals surface area contributed by atoms with E-state index in [1.54, 1.807) is 6.92 Å². The Bertz CT molecular complexity index is 157. The molecule has 1 aliphatic heterocycles. The van der Waals surface area contributed by atoms with Crippen LogP contribution in [0.25, 0.3) is 0 Å². The molecule has 0 radical (unpaired) electrons. The minimum Gasteiger partial charge on any atom is -0.356 e. The highest BCUT2D eigenvalue weighted by atomic mass is 16.1. The van der Waals surface area contributed by atoms with Gasteiger partial charge in [-0.1, -0.05) is 27.7 Å². The summed E-state index contributed by atoms with van der Waals surface area (Å²) >= 11 is 0. The molecule has 1 saturated heterocycles. The predicted octanol–water partition coefficient (Wildman–Crippen LogP) is 1.47. The molecule has 104 valence electrons. The summed E-state index contributed by atoms with van der Waals surface area (Å²) < 4.78 is 0. The minimum absolute atomic E-state index is 0.0697. The van der Waals surface area contributed by atoms with Gasteiger partial charge in [-0.3, -0.25) is 4.79 Å². The number of hydrogen-bond acceptors (Lipinski definition) is 3. The van der Waals surface area contributed by atoms with Crippen molar-refractivity contribution in [3.63, 3.8) is 0 Å². The third kappa shape index (κ3) is 13.3. The van der Waals surface area contributed by atoms with Crippen LogP contribution in [-0.2, 0) is 4.79 Å². The molecule has 0 bridgehead atoms. The zero-order valence-electron chi connectivity index (χ0n) is 12.3. The van der Waals surface area contributed by atoms with E-state index >= 15 is 0 Å². The van der Waals surface area contributed by atoms with Crippen LogP contribution in [0, 0.1) is 0 Å². The van der Waals surface area contributed by atoms with Crippen LogP contribution in [0.2, 0.25) is 0 Å². The van der Waals surface area contributed by atoms with Crippen LogP contribution >= 0.6 is 0 Å². The zero-order valence-corrected chi connectivity index (χ0v) is 12.3. The molecule has 17 heavy (non-hydrogen) atoms. The summed E-state index contributed by atoms with van der Waals surface area (Å²) in [5, 5.41) is 6.12. The molecule has 1 aliphatic rings. The molecule has 1 fully saturated rings. The lowest BCUT2D eigenvalue weighted by Gasteiger charge is -2.26. The lowest BCUT2D eigenvalue weighted by atomic mass is 10.3. The molecule has 0 aromatic carbocycles. The van der Waals surface area contributed by atoms with Crippen molar-refractivity contribution in [3.05, 3.63) is 0 Å². The first-order valence-corrected chi connectivity index (χ1v) is 6.96. The van der Waals surface area contributed by atoms with Crippen molar-refractivity contribution >= 4 is 5.91 Å². The van der Waals surface area contributed by atoms with Gasteiger partial charge in [-0.2, -0.15) is 0 Å². The third-order valence-corrected chi connectivity index (χ3v) is 2.23. The number of hydrogen-bond donors (Lipinski definition) is 2. The maximum atomic E-state index is 10.6. The maximum absolute atomic E-state index is 10.6. The molecule has 0 aliphatic carbocycles. The van der Waals surface area contributed by atoms with Gasteiger partial charge in [0.2, 0.25) is 5.91 Å². The van der Waals surface area contributed by atoms with Gasteiger partial charge in [0.1, 0.15) is 0 Å². The van der Waals surface area contributed by atoms with Crippen LogP contribution in [0.1, 0.15) is 41.0 Å². The fraction of sp³-hybridized carbons (Fsp3) is 0.923. The molecule has 0 unspecified atom stereocenters. The van der Waals surface area contributed by atoms with Gasteiger partial charge < -0.3 is 15.5 Å². The second-order valence-corrected chi connectivity index (χ2v) is 3.43. The number of rotatable bonds is 4. The first kappa shape index (κ1) is 18.7. The monoisotopic (exact) mass is 245 g/mol. The van der Waals surface area contributed by atoms with Crippen LogP contribution in [-0.4, -0.2) is 50.1 Å². The van der Waals surface area contributed by atoms with Crippen molar-refractivity contribution < 1.29 is 4.79 Å². The van der Waals surface area contributed by atoms with Crippen molar-refractivity contribution in [2.75, 3.05) is 39.3 Å². The minimum atomic E-state index is 0.0697. The number of carbonyl (C=O) groups excluding carboxylic acids is 1. The van der Waals surface area contributed by atoms with E-state index in [-0.39, 0.29) is 5.91 Å². The number of nitrogens with zero attached hydrogens (tertiary/aromatic N) is 1. The van der Waals surface area contributed by atoms with Gasteiger partial charge in [-0.15, -0.1) is 0 Å². The molecule has 0 saturated carbocycles. The molecule has 1 heterocycles. The lowest BCUT2D eigenvalue weighted by Crippen LogP contribution is -2.44. The van der Waals surface area contributed by atoms with E-state index in [4.69, 9.17) is 0 Å². The molecule has 0 aromatic heterocycles. The second kappa shape index (κ2) is 15.4. The van der Waals surface area contributed by atoms with E-state index < -0.39 is 0 Å². The summed E-state index contributed by atoms with van der Waals surface area (Å²) in [5.41, 5.74) is 0. The fourth-order valence-corrected chi connectivity index (χ4v) is 1.50. The summed E-state index contributed by atoms with van der Waals surface area (Å²) in [5.74, 6) is 0.0697. The summed E-state index contributed by atoms with van der Waals surface area (Å²) in [7, 11) is 0. The van der Waals surface area contributed by atoms with Gasteiger partial charge in [0.05, 0.1) is 0 Å². The van der Waals surface area contributed by atoms with E-state index in [0.29, 0.717) is 0 Å². The number of nitrogens with one attached hydrogen (secondary N) is 2. The van der Waals surface area contributed by atoms with Crippen molar-refractivity contribution in [1.29, 1.82) is 0 Å².